The minimum Gasteiger partial charge on any atom is -0.396 e. The van der Waals surface area contributed by atoms with Gasteiger partial charge in [-0.25, -0.2) is 15.0 Å². The first-order chi connectivity index (χ1) is 12.7. The van der Waals surface area contributed by atoms with Gasteiger partial charge in [-0.3, -0.25) is 4.21 Å². The average molecular weight is 421 g/mol. The lowest BCUT2D eigenvalue weighted by molar-refractivity contribution is 0.681. The van der Waals surface area contributed by atoms with E-state index in [1.807, 2.05) is 16.8 Å². The van der Waals surface area contributed by atoms with Gasteiger partial charge >= 0.3 is 0 Å². The van der Waals surface area contributed by atoms with E-state index in [4.69, 9.17) is 10.7 Å². The van der Waals surface area contributed by atoms with Crippen LogP contribution in [0.1, 0.15) is 19.8 Å². The largest absolute Gasteiger partial charge is 0.396 e. The summed E-state index contributed by atoms with van der Waals surface area (Å²) in [6.45, 7) is 2.09. The summed E-state index contributed by atoms with van der Waals surface area (Å²) < 4.78 is 13.4. The Morgan fingerprint density at radius 1 is 1.15 bits per heavy atom. The van der Waals surface area contributed by atoms with Crippen LogP contribution in [-0.4, -0.2) is 24.9 Å². The van der Waals surface area contributed by atoms with Crippen molar-refractivity contribution in [3.8, 4) is 21.3 Å². The molecule has 0 spiro atoms. The number of rotatable bonds is 6. The van der Waals surface area contributed by atoms with E-state index in [1.54, 1.807) is 35.1 Å². The SMILES string of the molecule is CCCCS(=O)c1sc2nc(-c3nccs3)cc(-c3nccs3)c2c1N. The highest BCUT2D eigenvalue weighted by atomic mass is 32.2. The molecular formula is C17H16N4OS4. The van der Waals surface area contributed by atoms with E-state index in [9.17, 15) is 4.21 Å². The molecule has 0 aliphatic heterocycles. The number of unbranched alkanes of at least 4 members (excludes halogenated alkanes) is 1. The van der Waals surface area contributed by atoms with Crippen molar-refractivity contribution < 1.29 is 4.21 Å². The topological polar surface area (TPSA) is 81.8 Å². The standard InChI is InChI=1S/C17H16N4OS4/c1-2-3-8-26(22)17-13(18)12-10(14-19-4-6-23-14)9-11(21-16(12)25-17)15-20-5-7-24-15/h4-7,9H,2-3,8,18H2,1H3. The molecule has 4 heterocycles. The van der Waals surface area contributed by atoms with E-state index in [-0.39, 0.29) is 0 Å². The second-order valence-corrected chi connectivity index (χ2v) is 10.2. The normalized spacial score (nSPS) is 12.7. The van der Waals surface area contributed by atoms with Gasteiger partial charge in [-0.05, 0) is 12.5 Å². The first-order valence-corrected chi connectivity index (χ1v) is 12.0. The summed E-state index contributed by atoms with van der Waals surface area (Å²) in [5, 5.41) is 6.45. The Balaban J connectivity index is 1.93. The van der Waals surface area contributed by atoms with Crippen molar-refractivity contribution in [3.05, 3.63) is 29.2 Å². The molecule has 0 fully saturated rings. The fourth-order valence-corrected chi connectivity index (χ4v) is 6.68. The molecule has 134 valence electrons. The van der Waals surface area contributed by atoms with Crippen LogP contribution in [-0.2, 0) is 10.8 Å². The number of aromatic nitrogens is 3. The second kappa shape index (κ2) is 7.51. The Labute approximate surface area is 165 Å². The monoisotopic (exact) mass is 420 g/mol. The zero-order valence-corrected chi connectivity index (χ0v) is 17.2. The minimum absolute atomic E-state index is 0.572. The third-order valence-corrected chi connectivity index (χ3v) is 8.47. The Morgan fingerprint density at radius 2 is 1.88 bits per heavy atom. The number of hydrogen-bond acceptors (Lipinski definition) is 8. The summed E-state index contributed by atoms with van der Waals surface area (Å²) in [6.07, 6.45) is 5.46. The van der Waals surface area contributed by atoms with Gasteiger partial charge in [-0.1, -0.05) is 13.3 Å². The molecule has 4 rings (SSSR count). The summed E-state index contributed by atoms with van der Waals surface area (Å²) in [6, 6.07) is 1.99. The fourth-order valence-electron chi connectivity index (χ4n) is 2.62. The minimum atomic E-state index is -1.10. The number of thiazole rings is 2. The van der Waals surface area contributed by atoms with E-state index >= 15 is 0 Å². The smallest absolute Gasteiger partial charge is 0.141 e. The van der Waals surface area contributed by atoms with Crippen molar-refractivity contribution in [3.63, 3.8) is 0 Å². The number of nitrogens with zero attached hydrogens (tertiary/aromatic N) is 3. The molecule has 1 atom stereocenters. The number of pyridine rings is 1. The van der Waals surface area contributed by atoms with E-state index < -0.39 is 10.8 Å². The van der Waals surface area contributed by atoms with Crippen molar-refractivity contribution in [1.29, 1.82) is 0 Å². The fraction of sp³-hybridized carbons (Fsp3) is 0.235. The molecule has 0 radical (unpaired) electrons. The van der Waals surface area contributed by atoms with Gasteiger partial charge in [0.15, 0.2) is 0 Å². The molecule has 5 nitrogen and oxygen atoms in total. The molecular weight excluding hydrogens is 404 g/mol. The number of anilines is 1. The van der Waals surface area contributed by atoms with Crippen LogP contribution in [0.5, 0.6) is 0 Å². The maximum Gasteiger partial charge on any atom is 0.141 e. The molecule has 4 aromatic rings. The van der Waals surface area contributed by atoms with Crippen LogP contribution >= 0.6 is 34.0 Å². The Hall–Kier alpha value is -1.68. The summed E-state index contributed by atoms with van der Waals surface area (Å²) in [5.74, 6) is 0.624. The van der Waals surface area contributed by atoms with Gasteiger partial charge in [0.2, 0.25) is 0 Å². The van der Waals surface area contributed by atoms with E-state index in [2.05, 4.69) is 16.9 Å². The van der Waals surface area contributed by atoms with Gasteiger partial charge in [0.1, 0.15) is 24.7 Å². The van der Waals surface area contributed by atoms with Crippen molar-refractivity contribution in [2.75, 3.05) is 11.5 Å². The molecule has 0 aliphatic rings. The van der Waals surface area contributed by atoms with E-state index in [0.717, 1.165) is 48.5 Å². The van der Waals surface area contributed by atoms with Gasteiger partial charge in [0.25, 0.3) is 0 Å². The van der Waals surface area contributed by atoms with Gasteiger partial charge in [0, 0.05) is 39.9 Å². The Bertz CT molecular complexity index is 1050. The van der Waals surface area contributed by atoms with Crippen LogP contribution in [0.2, 0.25) is 0 Å². The van der Waals surface area contributed by atoms with Crippen molar-refractivity contribution in [1.82, 2.24) is 15.0 Å². The zero-order chi connectivity index (χ0) is 18.1. The Kier molecular flexibility index (Phi) is 5.12. The first-order valence-electron chi connectivity index (χ1n) is 8.10. The number of nitrogen functional groups attached to an aromatic ring is 1. The van der Waals surface area contributed by atoms with Crippen LogP contribution in [0, 0.1) is 0 Å². The summed E-state index contributed by atoms with van der Waals surface area (Å²) in [4.78, 5) is 14.4. The van der Waals surface area contributed by atoms with E-state index in [0.29, 0.717) is 11.4 Å². The maximum absolute atomic E-state index is 12.7. The van der Waals surface area contributed by atoms with Crippen LogP contribution in [0.25, 0.3) is 31.5 Å². The highest BCUT2D eigenvalue weighted by Crippen LogP contribution is 2.43. The number of thiophene rings is 1. The predicted molar refractivity (Wildman–Crippen MR) is 112 cm³/mol. The maximum atomic E-state index is 12.7. The molecule has 26 heavy (non-hydrogen) atoms. The van der Waals surface area contributed by atoms with Gasteiger partial charge < -0.3 is 5.73 Å². The highest BCUT2D eigenvalue weighted by molar-refractivity contribution is 7.87. The van der Waals surface area contributed by atoms with Gasteiger partial charge in [0.05, 0.1) is 16.5 Å². The summed E-state index contributed by atoms with van der Waals surface area (Å²) >= 11 is 4.52. The van der Waals surface area contributed by atoms with Crippen LogP contribution in [0.3, 0.4) is 0 Å². The lowest BCUT2D eigenvalue weighted by Crippen LogP contribution is -1.99. The molecule has 0 saturated carbocycles. The summed E-state index contributed by atoms with van der Waals surface area (Å²) in [7, 11) is -1.10. The number of hydrogen-bond donors (Lipinski definition) is 1. The number of fused-ring (bicyclic) bond motifs is 1. The second-order valence-electron chi connectivity index (χ2n) is 5.62. The zero-order valence-electron chi connectivity index (χ0n) is 14.0. The van der Waals surface area contributed by atoms with Crippen LogP contribution < -0.4 is 5.73 Å². The highest BCUT2D eigenvalue weighted by Gasteiger charge is 2.22. The molecule has 0 saturated heterocycles. The molecule has 4 aromatic heterocycles. The predicted octanol–water partition coefficient (Wildman–Crippen LogP) is 5.03. The van der Waals surface area contributed by atoms with Crippen LogP contribution in [0.15, 0.2) is 33.4 Å². The summed E-state index contributed by atoms with van der Waals surface area (Å²) in [5.41, 5.74) is 8.73. The molecule has 2 N–H and O–H groups in total. The van der Waals surface area contributed by atoms with Gasteiger partial charge in [-0.2, -0.15) is 0 Å². The van der Waals surface area contributed by atoms with Gasteiger partial charge in [-0.15, -0.1) is 34.0 Å². The number of nitrogens with two attached hydrogens (primary N) is 1. The molecule has 0 bridgehead atoms. The Morgan fingerprint density at radius 3 is 2.54 bits per heavy atom. The lowest BCUT2D eigenvalue weighted by atomic mass is 10.1. The van der Waals surface area contributed by atoms with Crippen molar-refractivity contribution >= 4 is 60.7 Å². The average Bonchev–Trinajstić information content (AvgIpc) is 3.40. The quantitative estimate of drug-likeness (QED) is 0.473. The first kappa shape index (κ1) is 17.7. The van der Waals surface area contributed by atoms with Crippen molar-refractivity contribution in [2.45, 2.75) is 24.0 Å². The third kappa shape index (κ3) is 3.20. The third-order valence-electron chi connectivity index (χ3n) is 3.87. The van der Waals surface area contributed by atoms with Crippen LogP contribution in [0.4, 0.5) is 5.69 Å². The molecule has 0 aliphatic carbocycles. The molecule has 0 amide bonds. The lowest BCUT2D eigenvalue weighted by Gasteiger charge is -2.04. The molecule has 9 heteroatoms. The molecule has 0 aromatic carbocycles. The van der Waals surface area contributed by atoms with E-state index in [1.165, 1.54) is 11.3 Å². The molecule has 1 unspecified atom stereocenters. The van der Waals surface area contributed by atoms with Crippen molar-refractivity contribution in [2.24, 2.45) is 0 Å².